The third-order valence-electron chi connectivity index (χ3n) is 3.82. The molecule has 0 bridgehead atoms. The van der Waals surface area contributed by atoms with E-state index in [2.05, 4.69) is 4.90 Å². The predicted octanol–water partition coefficient (Wildman–Crippen LogP) is 2.37. The van der Waals surface area contributed by atoms with Gasteiger partial charge in [-0.3, -0.25) is 9.69 Å². The number of ether oxygens (including phenoxy) is 1. The van der Waals surface area contributed by atoms with Crippen LogP contribution in [0.15, 0.2) is 30.3 Å². The number of nitrogens with zero attached hydrogens (tertiary/aromatic N) is 1. The average Bonchev–Trinajstić information content (AvgIpc) is 2.47. The molecular formula is C15H21NO2. The molecule has 1 unspecified atom stereocenters. The molecule has 0 aliphatic carbocycles. The quantitative estimate of drug-likeness (QED) is 0.765. The first-order chi connectivity index (χ1) is 8.70. The molecule has 1 aromatic rings. The molecular weight excluding hydrogens is 226 g/mol. The lowest BCUT2D eigenvalue weighted by Crippen LogP contribution is -2.45. The Hall–Kier alpha value is -1.19. The molecule has 0 saturated carbocycles. The first-order valence-corrected chi connectivity index (χ1v) is 6.59. The molecule has 3 heteroatoms. The molecule has 1 saturated heterocycles. The van der Waals surface area contributed by atoms with E-state index in [1.807, 2.05) is 44.3 Å². The summed E-state index contributed by atoms with van der Waals surface area (Å²) in [4.78, 5) is 14.5. The lowest BCUT2D eigenvalue weighted by Gasteiger charge is -2.34. The standard InChI is InChI=1S/C15H21NO2/c1-12(15(17)13-6-4-3-5-7-13)16(2)14-8-10-18-11-9-14/h3-7,12,14H,8-11H2,1-2H3. The van der Waals surface area contributed by atoms with Gasteiger partial charge in [0.15, 0.2) is 5.78 Å². The maximum Gasteiger partial charge on any atom is 0.179 e. The number of carbonyl (C=O) groups is 1. The number of Topliss-reactive ketones (excluding diaryl/α,β-unsaturated/α-hetero) is 1. The van der Waals surface area contributed by atoms with Crippen molar-refractivity contribution in [2.24, 2.45) is 0 Å². The van der Waals surface area contributed by atoms with Crippen LogP contribution >= 0.6 is 0 Å². The van der Waals surface area contributed by atoms with Crippen LogP contribution in [-0.2, 0) is 4.74 Å². The van der Waals surface area contributed by atoms with Crippen molar-refractivity contribution in [1.29, 1.82) is 0 Å². The molecule has 1 aliphatic heterocycles. The van der Waals surface area contributed by atoms with Crippen LogP contribution in [0.2, 0.25) is 0 Å². The summed E-state index contributed by atoms with van der Waals surface area (Å²) in [5, 5.41) is 0. The Labute approximate surface area is 109 Å². The van der Waals surface area contributed by atoms with Crippen molar-refractivity contribution in [3.8, 4) is 0 Å². The molecule has 98 valence electrons. The van der Waals surface area contributed by atoms with Crippen molar-refractivity contribution in [2.45, 2.75) is 31.8 Å². The summed E-state index contributed by atoms with van der Waals surface area (Å²) in [7, 11) is 2.04. The third kappa shape index (κ3) is 2.98. The Morgan fingerprint density at radius 2 is 1.89 bits per heavy atom. The molecule has 0 aromatic heterocycles. The Morgan fingerprint density at radius 3 is 2.50 bits per heavy atom. The molecule has 1 aromatic carbocycles. The highest BCUT2D eigenvalue weighted by atomic mass is 16.5. The number of benzene rings is 1. The van der Waals surface area contributed by atoms with Crippen LogP contribution in [0, 0.1) is 0 Å². The lowest BCUT2D eigenvalue weighted by atomic mass is 10.0. The largest absolute Gasteiger partial charge is 0.381 e. The van der Waals surface area contributed by atoms with Crippen molar-refractivity contribution in [1.82, 2.24) is 4.90 Å². The van der Waals surface area contributed by atoms with E-state index in [9.17, 15) is 4.79 Å². The first kappa shape index (κ1) is 13.2. The molecule has 0 radical (unpaired) electrons. The van der Waals surface area contributed by atoms with Crippen molar-refractivity contribution in [3.63, 3.8) is 0 Å². The molecule has 1 aliphatic rings. The van der Waals surface area contributed by atoms with Crippen LogP contribution < -0.4 is 0 Å². The van der Waals surface area contributed by atoms with Gasteiger partial charge in [-0.2, -0.15) is 0 Å². The van der Waals surface area contributed by atoms with Gasteiger partial charge >= 0.3 is 0 Å². The van der Waals surface area contributed by atoms with E-state index < -0.39 is 0 Å². The molecule has 0 N–H and O–H groups in total. The van der Waals surface area contributed by atoms with Gasteiger partial charge in [0.25, 0.3) is 0 Å². The minimum Gasteiger partial charge on any atom is -0.381 e. The van der Waals surface area contributed by atoms with Gasteiger partial charge in [0, 0.05) is 24.8 Å². The Bertz CT molecular complexity index is 385. The Balaban J connectivity index is 2.01. The fraction of sp³-hybridized carbons (Fsp3) is 0.533. The van der Waals surface area contributed by atoms with E-state index in [1.165, 1.54) is 0 Å². The fourth-order valence-electron chi connectivity index (χ4n) is 2.44. The van der Waals surface area contributed by atoms with Crippen molar-refractivity contribution in [3.05, 3.63) is 35.9 Å². The molecule has 0 amide bonds. The second kappa shape index (κ2) is 6.12. The van der Waals surface area contributed by atoms with Gasteiger partial charge in [0.2, 0.25) is 0 Å². The number of rotatable bonds is 4. The van der Waals surface area contributed by atoms with E-state index in [0.29, 0.717) is 6.04 Å². The molecule has 3 nitrogen and oxygen atoms in total. The van der Waals surface area contributed by atoms with Gasteiger partial charge < -0.3 is 4.74 Å². The summed E-state index contributed by atoms with van der Waals surface area (Å²) < 4.78 is 5.36. The van der Waals surface area contributed by atoms with Crippen LogP contribution in [0.1, 0.15) is 30.1 Å². The number of carbonyl (C=O) groups excluding carboxylic acids is 1. The van der Waals surface area contributed by atoms with Gasteiger partial charge in [0.1, 0.15) is 0 Å². The minimum absolute atomic E-state index is 0.0736. The number of hydrogen-bond acceptors (Lipinski definition) is 3. The smallest absolute Gasteiger partial charge is 0.179 e. The number of ketones is 1. The summed E-state index contributed by atoms with van der Waals surface area (Å²) >= 11 is 0. The highest BCUT2D eigenvalue weighted by molar-refractivity contribution is 5.99. The Morgan fingerprint density at radius 1 is 1.28 bits per heavy atom. The number of hydrogen-bond donors (Lipinski definition) is 0. The molecule has 1 atom stereocenters. The highest BCUT2D eigenvalue weighted by Crippen LogP contribution is 2.17. The van der Waals surface area contributed by atoms with E-state index in [1.54, 1.807) is 0 Å². The van der Waals surface area contributed by atoms with Crippen LogP contribution in [-0.4, -0.2) is 43.0 Å². The van der Waals surface area contributed by atoms with Crippen molar-refractivity contribution < 1.29 is 9.53 Å². The van der Waals surface area contributed by atoms with Gasteiger partial charge in [-0.25, -0.2) is 0 Å². The van der Waals surface area contributed by atoms with Crippen LogP contribution in [0.4, 0.5) is 0 Å². The van der Waals surface area contributed by atoms with Gasteiger partial charge in [-0.1, -0.05) is 30.3 Å². The second-order valence-electron chi connectivity index (χ2n) is 4.92. The van der Waals surface area contributed by atoms with E-state index in [-0.39, 0.29) is 11.8 Å². The Kier molecular flexibility index (Phi) is 4.50. The monoisotopic (exact) mass is 247 g/mol. The molecule has 1 heterocycles. The summed E-state index contributed by atoms with van der Waals surface area (Å²) in [6, 6.07) is 9.91. The molecule has 18 heavy (non-hydrogen) atoms. The van der Waals surface area contributed by atoms with Gasteiger partial charge in [-0.05, 0) is 26.8 Å². The van der Waals surface area contributed by atoms with Crippen molar-refractivity contribution in [2.75, 3.05) is 20.3 Å². The minimum atomic E-state index is -0.0736. The first-order valence-electron chi connectivity index (χ1n) is 6.59. The van der Waals surface area contributed by atoms with Crippen LogP contribution in [0.25, 0.3) is 0 Å². The highest BCUT2D eigenvalue weighted by Gasteiger charge is 2.26. The van der Waals surface area contributed by atoms with Crippen LogP contribution in [0.3, 0.4) is 0 Å². The second-order valence-corrected chi connectivity index (χ2v) is 4.92. The molecule has 2 rings (SSSR count). The summed E-state index contributed by atoms with van der Waals surface area (Å²) in [5.74, 6) is 0.199. The normalized spacial score (nSPS) is 18.8. The zero-order chi connectivity index (χ0) is 13.0. The number of likely N-dealkylation sites (N-methyl/N-ethyl adjacent to an activating group) is 1. The topological polar surface area (TPSA) is 29.5 Å². The summed E-state index contributed by atoms with van der Waals surface area (Å²) in [5.41, 5.74) is 0.795. The van der Waals surface area contributed by atoms with Gasteiger partial charge in [-0.15, -0.1) is 0 Å². The maximum absolute atomic E-state index is 12.4. The molecule has 0 spiro atoms. The predicted molar refractivity (Wildman–Crippen MR) is 71.8 cm³/mol. The zero-order valence-electron chi connectivity index (χ0n) is 11.1. The fourth-order valence-corrected chi connectivity index (χ4v) is 2.44. The maximum atomic E-state index is 12.4. The third-order valence-corrected chi connectivity index (χ3v) is 3.82. The summed E-state index contributed by atoms with van der Waals surface area (Å²) in [6.07, 6.45) is 2.03. The van der Waals surface area contributed by atoms with E-state index >= 15 is 0 Å². The molecule has 1 fully saturated rings. The lowest BCUT2D eigenvalue weighted by molar-refractivity contribution is 0.0301. The van der Waals surface area contributed by atoms with Crippen molar-refractivity contribution >= 4 is 5.78 Å². The average molecular weight is 247 g/mol. The SMILES string of the molecule is CC(C(=O)c1ccccc1)N(C)C1CCOCC1. The van der Waals surface area contributed by atoms with Gasteiger partial charge in [0.05, 0.1) is 6.04 Å². The van der Waals surface area contributed by atoms with Crippen LogP contribution in [0.5, 0.6) is 0 Å². The zero-order valence-corrected chi connectivity index (χ0v) is 11.1. The van der Waals surface area contributed by atoms with E-state index in [4.69, 9.17) is 4.74 Å². The summed E-state index contributed by atoms with van der Waals surface area (Å²) in [6.45, 7) is 3.60. The van der Waals surface area contributed by atoms with E-state index in [0.717, 1.165) is 31.6 Å².